The van der Waals surface area contributed by atoms with Crippen LogP contribution in [0.25, 0.3) is 0 Å². The third-order valence-corrected chi connectivity index (χ3v) is 11.4. The van der Waals surface area contributed by atoms with Gasteiger partial charge in [-0.05, 0) is 79.4 Å². The molecule has 2 bridgehead atoms. The van der Waals surface area contributed by atoms with E-state index in [4.69, 9.17) is 4.84 Å². The van der Waals surface area contributed by atoms with Gasteiger partial charge in [0, 0.05) is 18.9 Å². The van der Waals surface area contributed by atoms with Crippen LogP contribution < -0.4 is 0 Å². The number of nitrogens with zero attached hydrogens (tertiary/aromatic N) is 1. The van der Waals surface area contributed by atoms with E-state index in [0.717, 1.165) is 35.5 Å². The Morgan fingerprint density at radius 3 is 2.57 bits per heavy atom. The van der Waals surface area contributed by atoms with Gasteiger partial charge in [-0.1, -0.05) is 66.0 Å². The predicted octanol–water partition coefficient (Wildman–Crippen LogP) is 7.25. The van der Waals surface area contributed by atoms with Crippen molar-refractivity contribution in [2.24, 2.45) is 46.3 Å². The fraction of sp³-hybridized carbons (Fsp3) is 0.929. The Hall–Kier alpha value is -0.340. The van der Waals surface area contributed by atoms with Gasteiger partial charge >= 0.3 is 0 Å². The lowest BCUT2D eigenvalue weighted by atomic mass is 9.43. The third-order valence-electron chi connectivity index (χ3n) is 11.4. The number of hydrogen-bond acceptors (Lipinski definition) is 2. The molecule has 0 unspecified atom stereocenters. The molecule has 5 aliphatic rings. The molecule has 30 heavy (non-hydrogen) atoms. The van der Waals surface area contributed by atoms with Crippen molar-refractivity contribution in [3.05, 3.63) is 12.2 Å². The van der Waals surface area contributed by atoms with E-state index in [1.807, 2.05) is 0 Å². The maximum atomic E-state index is 6.25. The topological polar surface area (TPSA) is 12.5 Å². The van der Waals surface area contributed by atoms with Gasteiger partial charge in [-0.3, -0.25) is 4.84 Å². The highest BCUT2D eigenvalue weighted by molar-refractivity contribution is 5.27. The van der Waals surface area contributed by atoms with E-state index in [-0.39, 0.29) is 5.54 Å². The fourth-order valence-electron chi connectivity index (χ4n) is 9.79. The van der Waals surface area contributed by atoms with Crippen molar-refractivity contribution in [1.29, 1.82) is 0 Å². The molecule has 4 fully saturated rings. The van der Waals surface area contributed by atoms with E-state index in [2.05, 4.69) is 58.9 Å². The molecule has 4 aliphatic carbocycles. The van der Waals surface area contributed by atoms with E-state index < -0.39 is 0 Å². The summed E-state index contributed by atoms with van der Waals surface area (Å²) >= 11 is 0. The van der Waals surface area contributed by atoms with Crippen molar-refractivity contribution in [2.45, 2.75) is 110 Å². The van der Waals surface area contributed by atoms with Gasteiger partial charge in [0.25, 0.3) is 0 Å². The first-order valence-corrected chi connectivity index (χ1v) is 13.3. The molecular weight excluding hydrogens is 366 g/mol. The molecule has 5 rings (SSSR count). The molecule has 0 amide bonds. The molecule has 2 nitrogen and oxygen atoms in total. The zero-order valence-corrected chi connectivity index (χ0v) is 20.6. The van der Waals surface area contributed by atoms with Crippen molar-refractivity contribution < 1.29 is 4.84 Å². The maximum Gasteiger partial charge on any atom is 0.0993 e. The number of hydrogen-bond donors (Lipinski definition) is 0. The van der Waals surface area contributed by atoms with Gasteiger partial charge in [0.05, 0.1) is 11.6 Å². The van der Waals surface area contributed by atoms with Gasteiger partial charge in [0.2, 0.25) is 0 Å². The lowest BCUT2D eigenvalue weighted by molar-refractivity contribution is -0.211. The van der Waals surface area contributed by atoms with Crippen molar-refractivity contribution in [2.75, 3.05) is 7.05 Å². The zero-order valence-electron chi connectivity index (χ0n) is 20.6. The van der Waals surface area contributed by atoms with Crippen LogP contribution >= 0.6 is 0 Å². The quantitative estimate of drug-likeness (QED) is 0.440. The highest BCUT2D eigenvalue weighted by Crippen LogP contribution is 2.70. The standard InChI is InChI=1S/C28H47NO/c1-19(2)8-7-9-20(3)23-10-11-24-22-13-17-28-18-21(30-29(28)6)12-16-27(28,5)25(22)14-15-26(23,24)4/h12,16,19-25H,7-11,13-15,17-18H2,1-6H3/t20-,21+,22+,23-,24+,25+,26-,27-,28+/m1/s1. The summed E-state index contributed by atoms with van der Waals surface area (Å²) in [6.45, 7) is 12.7. The molecule has 0 radical (unpaired) electrons. The first kappa shape index (κ1) is 21.5. The van der Waals surface area contributed by atoms with Crippen LogP contribution in [0.4, 0.5) is 0 Å². The molecular formula is C28H47NO. The van der Waals surface area contributed by atoms with Crippen LogP contribution in [0.3, 0.4) is 0 Å². The second-order valence-electron chi connectivity index (χ2n) is 13.0. The van der Waals surface area contributed by atoms with E-state index in [1.54, 1.807) is 0 Å². The average Bonchev–Trinajstić information content (AvgIpc) is 3.18. The van der Waals surface area contributed by atoms with Gasteiger partial charge in [-0.2, -0.15) is 5.06 Å². The molecule has 1 heterocycles. The minimum atomic E-state index is 0.253. The lowest BCUT2D eigenvalue weighted by Crippen LogP contribution is -2.63. The summed E-state index contributed by atoms with van der Waals surface area (Å²) < 4.78 is 0. The molecule has 9 atom stereocenters. The van der Waals surface area contributed by atoms with E-state index in [9.17, 15) is 0 Å². The number of hydroxylamine groups is 2. The number of rotatable bonds is 5. The predicted molar refractivity (Wildman–Crippen MR) is 125 cm³/mol. The maximum absolute atomic E-state index is 6.25. The van der Waals surface area contributed by atoms with Crippen LogP contribution in [0.1, 0.15) is 98.8 Å². The Labute approximate surface area is 186 Å². The Morgan fingerprint density at radius 1 is 1.00 bits per heavy atom. The van der Waals surface area contributed by atoms with Crippen LogP contribution in [0.15, 0.2) is 12.2 Å². The fourth-order valence-corrected chi connectivity index (χ4v) is 9.79. The monoisotopic (exact) mass is 413 g/mol. The minimum Gasteiger partial charge on any atom is -0.291 e. The van der Waals surface area contributed by atoms with Gasteiger partial charge in [0.15, 0.2) is 0 Å². The summed E-state index contributed by atoms with van der Waals surface area (Å²) in [5, 5.41) is 2.30. The van der Waals surface area contributed by atoms with Crippen LogP contribution in [0.5, 0.6) is 0 Å². The molecule has 1 saturated heterocycles. The Balaban J connectivity index is 1.36. The summed E-state index contributed by atoms with van der Waals surface area (Å²) in [6, 6.07) is 0. The summed E-state index contributed by atoms with van der Waals surface area (Å²) in [4.78, 5) is 6.25. The number of fused-ring (bicyclic) bond motifs is 5. The molecule has 0 aromatic carbocycles. The van der Waals surface area contributed by atoms with E-state index in [1.165, 1.54) is 64.2 Å². The molecule has 0 aromatic heterocycles. The summed E-state index contributed by atoms with van der Waals surface area (Å²) in [5.74, 6) is 5.47. The van der Waals surface area contributed by atoms with Gasteiger partial charge < -0.3 is 0 Å². The second-order valence-corrected chi connectivity index (χ2v) is 13.0. The summed E-state index contributed by atoms with van der Waals surface area (Å²) in [6.07, 6.45) is 19.5. The molecule has 0 aromatic rings. The first-order chi connectivity index (χ1) is 14.2. The Kier molecular flexibility index (Phi) is 5.26. The van der Waals surface area contributed by atoms with E-state index >= 15 is 0 Å². The molecule has 3 saturated carbocycles. The van der Waals surface area contributed by atoms with E-state index in [0.29, 0.717) is 16.9 Å². The third kappa shape index (κ3) is 2.88. The van der Waals surface area contributed by atoms with Crippen LogP contribution in [0, 0.1) is 46.3 Å². The Morgan fingerprint density at radius 2 is 1.80 bits per heavy atom. The highest BCUT2D eigenvalue weighted by Gasteiger charge is 2.67. The molecule has 1 spiro atoms. The molecule has 2 heteroatoms. The second kappa shape index (κ2) is 7.34. The van der Waals surface area contributed by atoms with Gasteiger partial charge in [-0.25, -0.2) is 0 Å². The zero-order chi connectivity index (χ0) is 21.3. The SMILES string of the molecule is CC(C)CCC[C@@H](C)[C@H]1CC[C@H]2[C@@H]3CC[C@]45C[C@H](C=C[C@]4(C)[C@H]3CC[C@]12C)ON5C. The van der Waals surface area contributed by atoms with Crippen LogP contribution in [-0.4, -0.2) is 23.8 Å². The largest absolute Gasteiger partial charge is 0.291 e. The highest BCUT2D eigenvalue weighted by atomic mass is 16.7. The Bertz CT molecular complexity index is 686. The van der Waals surface area contributed by atoms with Crippen LogP contribution in [-0.2, 0) is 4.84 Å². The average molecular weight is 414 g/mol. The van der Waals surface area contributed by atoms with Crippen molar-refractivity contribution >= 4 is 0 Å². The minimum absolute atomic E-state index is 0.253. The first-order valence-electron chi connectivity index (χ1n) is 13.3. The summed E-state index contributed by atoms with van der Waals surface area (Å²) in [7, 11) is 2.23. The molecule has 0 N–H and O–H groups in total. The van der Waals surface area contributed by atoms with Crippen molar-refractivity contribution in [3.63, 3.8) is 0 Å². The molecule has 1 aliphatic heterocycles. The molecule has 170 valence electrons. The normalized spacial score (nSPS) is 51.0. The van der Waals surface area contributed by atoms with Gasteiger partial charge in [-0.15, -0.1) is 0 Å². The smallest absolute Gasteiger partial charge is 0.0993 e. The van der Waals surface area contributed by atoms with Crippen LogP contribution in [0.2, 0.25) is 0 Å². The summed E-state index contributed by atoms with van der Waals surface area (Å²) in [5.41, 5.74) is 1.14. The van der Waals surface area contributed by atoms with Crippen molar-refractivity contribution in [3.8, 4) is 0 Å². The lowest BCUT2D eigenvalue weighted by Gasteiger charge is -2.63. The van der Waals surface area contributed by atoms with Gasteiger partial charge in [0.1, 0.15) is 0 Å². The van der Waals surface area contributed by atoms with Crippen molar-refractivity contribution in [1.82, 2.24) is 5.06 Å².